The smallest absolute Gasteiger partial charge is 0.398 e. The van der Waals surface area contributed by atoms with E-state index in [9.17, 15) is 22.4 Å². The van der Waals surface area contributed by atoms with E-state index in [0.29, 0.717) is 11.8 Å². The molecule has 0 fully saturated rings. The number of hydrogen-bond acceptors (Lipinski definition) is 2. The standard InChI is InChI=1S/C9H6F4O2S/c10-7-2-1-5(3-6(7)8(14)15)16-4-9(11,12)13/h1-3H,4H2,(H,14,15). The molecule has 1 aromatic rings. The summed E-state index contributed by atoms with van der Waals surface area (Å²) in [6.45, 7) is 0. The molecule has 0 bridgehead atoms. The summed E-state index contributed by atoms with van der Waals surface area (Å²) < 4.78 is 48.5. The van der Waals surface area contributed by atoms with Crippen molar-refractivity contribution in [3.8, 4) is 0 Å². The lowest BCUT2D eigenvalue weighted by atomic mass is 10.2. The Morgan fingerprint density at radius 2 is 2.00 bits per heavy atom. The van der Waals surface area contributed by atoms with Crippen LogP contribution in [0.1, 0.15) is 10.4 Å². The molecular weight excluding hydrogens is 248 g/mol. The van der Waals surface area contributed by atoms with E-state index in [4.69, 9.17) is 5.11 Å². The van der Waals surface area contributed by atoms with Gasteiger partial charge in [0.05, 0.1) is 11.3 Å². The van der Waals surface area contributed by atoms with Gasteiger partial charge in [-0.3, -0.25) is 0 Å². The van der Waals surface area contributed by atoms with Gasteiger partial charge >= 0.3 is 12.1 Å². The summed E-state index contributed by atoms with van der Waals surface area (Å²) in [5.74, 6) is -3.62. The number of hydrogen-bond donors (Lipinski definition) is 1. The first-order chi connectivity index (χ1) is 7.29. The highest BCUT2D eigenvalue weighted by Gasteiger charge is 2.27. The second kappa shape index (κ2) is 4.73. The zero-order chi connectivity index (χ0) is 12.3. The molecule has 0 spiro atoms. The number of carboxylic acid groups (broad SMARTS) is 1. The van der Waals surface area contributed by atoms with Crippen LogP contribution >= 0.6 is 11.8 Å². The van der Waals surface area contributed by atoms with Crippen LogP contribution in [0, 0.1) is 5.82 Å². The monoisotopic (exact) mass is 254 g/mol. The molecule has 0 unspecified atom stereocenters. The minimum Gasteiger partial charge on any atom is -0.478 e. The molecule has 16 heavy (non-hydrogen) atoms. The van der Waals surface area contributed by atoms with Crippen molar-refractivity contribution in [1.82, 2.24) is 0 Å². The number of halogens is 4. The number of alkyl halides is 3. The Balaban J connectivity index is 2.83. The quantitative estimate of drug-likeness (QED) is 0.665. The van der Waals surface area contributed by atoms with E-state index in [2.05, 4.69) is 0 Å². The van der Waals surface area contributed by atoms with Crippen LogP contribution < -0.4 is 0 Å². The number of aromatic carboxylic acids is 1. The maximum Gasteiger partial charge on any atom is 0.398 e. The van der Waals surface area contributed by atoms with Gasteiger partial charge in [0.15, 0.2) is 0 Å². The largest absolute Gasteiger partial charge is 0.478 e. The highest BCUT2D eigenvalue weighted by molar-refractivity contribution is 7.99. The van der Waals surface area contributed by atoms with E-state index in [-0.39, 0.29) is 4.90 Å². The van der Waals surface area contributed by atoms with Crippen LogP contribution in [0.25, 0.3) is 0 Å². The predicted octanol–water partition coefficient (Wildman–Crippen LogP) is 3.18. The van der Waals surface area contributed by atoms with E-state index in [1.54, 1.807) is 0 Å². The average molecular weight is 254 g/mol. The molecule has 7 heteroatoms. The molecule has 0 aliphatic carbocycles. The summed E-state index contributed by atoms with van der Waals surface area (Å²) in [5, 5.41) is 8.55. The van der Waals surface area contributed by atoms with Gasteiger partial charge in [0.25, 0.3) is 0 Å². The number of thioether (sulfide) groups is 1. The molecule has 0 atom stereocenters. The molecule has 1 rings (SSSR count). The first-order valence-electron chi connectivity index (χ1n) is 4.02. The van der Waals surface area contributed by atoms with Crippen LogP contribution in [0.2, 0.25) is 0 Å². The minimum absolute atomic E-state index is 0.0659. The van der Waals surface area contributed by atoms with Crippen LogP contribution in [0.5, 0.6) is 0 Å². The van der Waals surface area contributed by atoms with E-state index < -0.39 is 29.3 Å². The molecule has 0 aliphatic rings. The number of carbonyl (C=O) groups is 1. The van der Waals surface area contributed by atoms with E-state index in [1.807, 2.05) is 0 Å². The summed E-state index contributed by atoms with van der Waals surface area (Å²) in [6.07, 6.45) is -4.34. The van der Waals surface area contributed by atoms with Crippen molar-refractivity contribution in [3.05, 3.63) is 29.6 Å². The van der Waals surface area contributed by atoms with Crippen molar-refractivity contribution in [2.24, 2.45) is 0 Å². The average Bonchev–Trinajstić information content (AvgIpc) is 2.14. The molecule has 0 radical (unpaired) electrons. The van der Waals surface area contributed by atoms with Crippen LogP contribution in [-0.2, 0) is 0 Å². The summed E-state index contributed by atoms with van der Waals surface area (Å²) in [6, 6.07) is 2.83. The van der Waals surface area contributed by atoms with E-state index in [1.165, 1.54) is 0 Å². The third-order valence-electron chi connectivity index (χ3n) is 1.57. The molecular formula is C9H6F4O2S. The Bertz CT molecular complexity index is 403. The van der Waals surface area contributed by atoms with Gasteiger partial charge in [0.1, 0.15) is 5.82 Å². The lowest BCUT2D eigenvalue weighted by Crippen LogP contribution is -2.10. The first-order valence-corrected chi connectivity index (χ1v) is 5.00. The van der Waals surface area contributed by atoms with Crippen LogP contribution in [-0.4, -0.2) is 23.0 Å². The molecule has 0 aromatic heterocycles. The third-order valence-corrected chi connectivity index (χ3v) is 2.63. The first kappa shape index (κ1) is 12.8. The van der Waals surface area contributed by atoms with Gasteiger partial charge < -0.3 is 5.11 Å². The maximum atomic E-state index is 12.9. The third kappa shape index (κ3) is 3.73. The zero-order valence-corrected chi connectivity index (χ0v) is 8.53. The highest BCUT2D eigenvalue weighted by atomic mass is 32.2. The lowest BCUT2D eigenvalue weighted by Gasteiger charge is -2.06. The Kier molecular flexibility index (Phi) is 3.79. The van der Waals surface area contributed by atoms with Crippen LogP contribution in [0.15, 0.2) is 23.1 Å². The predicted molar refractivity (Wildman–Crippen MR) is 50.1 cm³/mol. The fourth-order valence-electron chi connectivity index (χ4n) is 0.923. The Hall–Kier alpha value is -1.24. The molecule has 0 aliphatic heterocycles. The van der Waals surface area contributed by atoms with Gasteiger partial charge in [-0.1, -0.05) is 0 Å². The van der Waals surface area contributed by atoms with Crippen LogP contribution in [0.4, 0.5) is 17.6 Å². The van der Waals surface area contributed by atoms with Crippen molar-refractivity contribution in [3.63, 3.8) is 0 Å². The summed E-state index contributed by atoms with van der Waals surface area (Å²) in [4.78, 5) is 10.6. The van der Waals surface area contributed by atoms with Crippen molar-refractivity contribution in [1.29, 1.82) is 0 Å². The molecule has 0 saturated heterocycles. The topological polar surface area (TPSA) is 37.3 Å². The molecule has 0 saturated carbocycles. The SMILES string of the molecule is O=C(O)c1cc(SCC(F)(F)F)ccc1F. The van der Waals surface area contributed by atoms with Crippen LogP contribution in [0.3, 0.4) is 0 Å². The number of benzene rings is 1. The molecule has 1 N–H and O–H groups in total. The van der Waals surface area contributed by atoms with E-state index in [0.717, 1.165) is 18.2 Å². The van der Waals surface area contributed by atoms with Crippen molar-refractivity contribution in [2.75, 3.05) is 5.75 Å². The van der Waals surface area contributed by atoms with Gasteiger partial charge in [0, 0.05) is 4.90 Å². The molecule has 88 valence electrons. The Morgan fingerprint density at radius 3 is 2.50 bits per heavy atom. The van der Waals surface area contributed by atoms with Gasteiger partial charge in [0.2, 0.25) is 0 Å². The number of carboxylic acids is 1. The normalized spacial score (nSPS) is 11.5. The number of rotatable bonds is 3. The fraction of sp³-hybridized carbons (Fsp3) is 0.222. The molecule has 1 aromatic carbocycles. The zero-order valence-electron chi connectivity index (χ0n) is 7.71. The molecule has 0 heterocycles. The van der Waals surface area contributed by atoms with Gasteiger partial charge in [-0.25, -0.2) is 9.18 Å². The van der Waals surface area contributed by atoms with Crippen molar-refractivity contribution in [2.45, 2.75) is 11.1 Å². The molecule has 0 amide bonds. The Labute approximate surface area is 92.3 Å². The fourth-order valence-corrected chi connectivity index (χ4v) is 1.62. The van der Waals surface area contributed by atoms with Gasteiger partial charge in [-0.2, -0.15) is 13.2 Å². The van der Waals surface area contributed by atoms with E-state index >= 15 is 0 Å². The van der Waals surface area contributed by atoms with Crippen molar-refractivity contribution >= 4 is 17.7 Å². The summed E-state index contributed by atoms with van der Waals surface area (Å²) in [7, 11) is 0. The van der Waals surface area contributed by atoms with Gasteiger partial charge in [-0.05, 0) is 18.2 Å². The second-order valence-corrected chi connectivity index (χ2v) is 3.90. The molecule has 2 nitrogen and oxygen atoms in total. The Morgan fingerprint density at radius 1 is 1.38 bits per heavy atom. The maximum absolute atomic E-state index is 12.9. The lowest BCUT2D eigenvalue weighted by molar-refractivity contribution is -0.105. The summed E-state index contributed by atoms with van der Waals surface area (Å²) >= 11 is 0.413. The van der Waals surface area contributed by atoms with Gasteiger partial charge in [-0.15, -0.1) is 11.8 Å². The van der Waals surface area contributed by atoms with Crippen molar-refractivity contribution < 1.29 is 27.5 Å². The highest BCUT2D eigenvalue weighted by Crippen LogP contribution is 2.28. The summed E-state index contributed by atoms with van der Waals surface area (Å²) in [5.41, 5.74) is -0.632. The minimum atomic E-state index is -4.34. The second-order valence-electron chi connectivity index (χ2n) is 2.85.